The summed E-state index contributed by atoms with van der Waals surface area (Å²) in [4.78, 5) is 15.2. The summed E-state index contributed by atoms with van der Waals surface area (Å²) in [6, 6.07) is 9.41. The van der Waals surface area contributed by atoms with E-state index in [1.807, 2.05) is 0 Å². The number of benzene rings is 1. The zero-order valence-corrected chi connectivity index (χ0v) is 14.0. The number of hydrogen-bond donors (Lipinski definition) is 1. The van der Waals surface area contributed by atoms with E-state index in [-0.39, 0.29) is 5.91 Å². The predicted octanol–water partition coefficient (Wildman–Crippen LogP) is 3.70. The first-order valence-corrected chi connectivity index (χ1v) is 9.46. The number of carbonyl (C=O) groups is 1. The lowest BCUT2D eigenvalue weighted by molar-refractivity contribution is 0.0680. The number of fused-ring (bicyclic) bond motifs is 2. The van der Waals surface area contributed by atoms with Crippen LogP contribution in [0.4, 0.5) is 0 Å². The Morgan fingerprint density at radius 2 is 1.65 bits per heavy atom. The van der Waals surface area contributed by atoms with Crippen molar-refractivity contribution < 1.29 is 4.79 Å². The third kappa shape index (κ3) is 3.03. The topological polar surface area (TPSA) is 32.3 Å². The molecule has 2 unspecified atom stereocenters. The normalized spacial score (nSPS) is 28.6. The largest absolute Gasteiger partial charge is 0.331 e. The molecule has 3 aliphatic rings. The molecule has 0 radical (unpaired) electrons. The third-order valence-corrected chi connectivity index (χ3v) is 6.12. The smallest absolute Gasteiger partial charge is 0.254 e. The molecule has 1 aromatic rings. The number of carbonyl (C=O) groups excluding carboxylic acids is 1. The van der Waals surface area contributed by atoms with Crippen LogP contribution in [0.25, 0.3) is 0 Å². The van der Waals surface area contributed by atoms with Crippen molar-refractivity contribution >= 4 is 5.91 Å². The van der Waals surface area contributed by atoms with E-state index in [2.05, 4.69) is 34.5 Å². The number of amides is 1. The molecule has 3 nitrogen and oxygen atoms in total. The second kappa shape index (κ2) is 6.64. The van der Waals surface area contributed by atoms with Crippen LogP contribution in [-0.4, -0.2) is 36.0 Å². The van der Waals surface area contributed by atoms with Gasteiger partial charge in [-0.3, -0.25) is 4.79 Å². The molecule has 2 atom stereocenters. The van der Waals surface area contributed by atoms with Crippen LogP contribution in [0.3, 0.4) is 0 Å². The van der Waals surface area contributed by atoms with Crippen LogP contribution in [0, 0.1) is 0 Å². The Bertz CT molecular complexity index is 533. The van der Waals surface area contributed by atoms with Crippen molar-refractivity contribution in [3.8, 4) is 0 Å². The summed E-state index contributed by atoms with van der Waals surface area (Å²) in [5.74, 6) is 0.961. The van der Waals surface area contributed by atoms with E-state index in [4.69, 9.17) is 0 Å². The van der Waals surface area contributed by atoms with E-state index in [0.717, 1.165) is 31.5 Å². The lowest BCUT2D eigenvalue weighted by atomic mass is 9.84. The molecular weight excluding hydrogens is 284 g/mol. The molecule has 1 N–H and O–H groups in total. The molecule has 3 fully saturated rings. The van der Waals surface area contributed by atoms with E-state index in [9.17, 15) is 4.79 Å². The van der Waals surface area contributed by atoms with E-state index >= 15 is 0 Å². The van der Waals surface area contributed by atoms with Crippen molar-refractivity contribution in [2.24, 2.45) is 0 Å². The van der Waals surface area contributed by atoms with Crippen LogP contribution in [0.1, 0.15) is 73.2 Å². The minimum absolute atomic E-state index is 0.247. The molecule has 2 saturated heterocycles. The van der Waals surface area contributed by atoms with Crippen molar-refractivity contribution in [1.29, 1.82) is 0 Å². The zero-order chi connectivity index (χ0) is 15.6. The quantitative estimate of drug-likeness (QED) is 0.903. The summed E-state index contributed by atoms with van der Waals surface area (Å²) in [7, 11) is 0. The highest BCUT2D eigenvalue weighted by atomic mass is 16.2. The van der Waals surface area contributed by atoms with Crippen LogP contribution in [-0.2, 0) is 0 Å². The fourth-order valence-electron chi connectivity index (χ4n) is 4.80. The van der Waals surface area contributed by atoms with E-state index < -0.39 is 0 Å². The van der Waals surface area contributed by atoms with Crippen molar-refractivity contribution in [2.75, 3.05) is 13.1 Å². The van der Waals surface area contributed by atoms with Gasteiger partial charge in [-0.15, -0.1) is 0 Å². The Morgan fingerprint density at radius 1 is 0.913 bits per heavy atom. The average Bonchev–Trinajstić information content (AvgIpc) is 2.88. The Hall–Kier alpha value is -1.35. The molecule has 3 heteroatoms. The van der Waals surface area contributed by atoms with Crippen LogP contribution in [0.5, 0.6) is 0 Å². The molecule has 1 amide bonds. The Morgan fingerprint density at radius 3 is 2.43 bits per heavy atom. The summed E-state index contributed by atoms with van der Waals surface area (Å²) < 4.78 is 0. The van der Waals surface area contributed by atoms with E-state index in [0.29, 0.717) is 18.0 Å². The fourth-order valence-corrected chi connectivity index (χ4v) is 4.80. The molecule has 2 heterocycles. The van der Waals surface area contributed by atoms with Gasteiger partial charge in [0.2, 0.25) is 0 Å². The van der Waals surface area contributed by atoms with E-state index in [1.54, 1.807) is 0 Å². The molecule has 124 valence electrons. The van der Waals surface area contributed by atoms with Gasteiger partial charge in [0.05, 0.1) is 0 Å². The van der Waals surface area contributed by atoms with Gasteiger partial charge in [-0.25, -0.2) is 0 Å². The molecule has 2 bridgehead atoms. The highest BCUT2D eigenvalue weighted by Gasteiger charge is 2.38. The number of hydrogen-bond acceptors (Lipinski definition) is 2. The number of rotatable bonds is 2. The first-order chi connectivity index (χ1) is 11.3. The predicted molar refractivity (Wildman–Crippen MR) is 92.7 cm³/mol. The van der Waals surface area contributed by atoms with Gasteiger partial charge in [0.25, 0.3) is 5.91 Å². The maximum Gasteiger partial charge on any atom is 0.254 e. The average molecular weight is 312 g/mol. The van der Waals surface area contributed by atoms with Crippen LogP contribution >= 0.6 is 0 Å². The second-order valence-electron chi connectivity index (χ2n) is 7.55. The second-order valence-corrected chi connectivity index (χ2v) is 7.55. The minimum Gasteiger partial charge on any atom is -0.331 e. The van der Waals surface area contributed by atoms with E-state index in [1.165, 1.54) is 44.1 Å². The van der Waals surface area contributed by atoms with Crippen LogP contribution < -0.4 is 5.32 Å². The summed E-state index contributed by atoms with van der Waals surface area (Å²) in [6.45, 7) is 2.01. The van der Waals surface area contributed by atoms with Gasteiger partial charge in [0, 0.05) is 24.2 Å². The Labute approximate surface area is 139 Å². The van der Waals surface area contributed by atoms with Crippen molar-refractivity contribution in [1.82, 2.24) is 10.2 Å². The molecule has 1 saturated carbocycles. The molecule has 23 heavy (non-hydrogen) atoms. The fraction of sp³-hybridized carbons (Fsp3) is 0.650. The first-order valence-electron chi connectivity index (χ1n) is 9.46. The van der Waals surface area contributed by atoms with Crippen LogP contribution in [0.15, 0.2) is 24.3 Å². The van der Waals surface area contributed by atoms with Gasteiger partial charge in [0.15, 0.2) is 0 Å². The molecule has 0 spiro atoms. The lowest BCUT2D eigenvalue weighted by Crippen LogP contribution is -2.42. The molecular formula is C20H28N2O. The van der Waals surface area contributed by atoms with Crippen molar-refractivity contribution in [3.63, 3.8) is 0 Å². The number of nitrogens with zero attached hydrogens (tertiary/aromatic N) is 1. The standard InChI is InChI=1S/C20H28N2O/c23-20(22-18-10-11-19(22)14-21-13-12-18)17-8-6-16(7-9-17)15-4-2-1-3-5-15/h6-9,15,18-19,21H,1-5,10-14H2. The third-order valence-electron chi connectivity index (χ3n) is 6.12. The van der Waals surface area contributed by atoms with Crippen molar-refractivity contribution in [3.05, 3.63) is 35.4 Å². The maximum absolute atomic E-state index is 13.0. The molecule has 1 aliphatic carbocycles. The van der Waals surface area contributed by atoms with Gasteiger partial charge in [0.1, 0.15) is 0 Å². The monoisotopic (exact) mass is 312 g/mol. The summed E-state index contributed by atoms with van der Waals surface area (Å²) in [5.41, 5.74) is 2.31. The van der Waals surface area contributed by atoms with Gasteiger partial charge in [-0.2, -0.15) is 0 Å². The molecule has 1 aromatic carbocycles. The Kier molecular flexibility index (Phi) is 4.39. The van der Waals surface area contributed by atoms with Crippen LogP contribution in [0.2, 0.25) is 0 Å². The highest BCUT2D eigenvalue weighted by Crippen LogP contribution is 2.33. The van der Waals surface area contributed by atoms with Crippen molar-refractivity contribution in [2.45, 2.75) is 69.4 Å². The highest BCUT2D eigenvalue weighted by molar-refractivity contribution is 5.95. The first kappa shape index (κ1) is 15.2. The molecule has 0 aromatic heterocycles. The van der Waals surface area contributed by atoms with Gasteiger partial charge >= 0.3 is 0 Å². The summed E-state index contributed by atoms with van der Waals surface area (Å²) in [6.07, 6.45) is 10.2. The minimum atomic E-state index is 0.247. The number of nitrogens with one attached hydrogen (secondary N) is 1. The SMILES string of the molecule is O=C(c1ccc(C2CCCCC2)cc1)N1C2CCNCC1CC2. The Balaban J connectivity index is 1.50. The summed E-state index contributed by atoms with van der Waals surface area (Å²) >= 11 is 0. The van der Waals surface area contributed by atoms with Gasteiger partial charge in [-0.05, 0) is 62.3 Å². The maximum atomic E-state index is 13.0. The summed E-state index contributed by atoms with van der Waals surface area (Å²) in [5, 5.41) is 3.47. The van der Waals surface area contributed by atoms with Gasteiger partial charge < -0.3 is 10.2 Å². The zero-order valence-electron chi connectivity index (χ0n) is 14.0. The molecule has 4 rings (SSSR count). The molecule has 2 aliphatic heterocycles. The van der Waals surface area contributed by atoms with Gasteiger partial charge in [-0.1, -0.05) is 31.4 Å². The lowest BCUT2D eigenvalue weighted by Gasteiger charge is -2.28.